The first-order valence-electron chi connectivity index (χ1n) is 9.10. The first-order valence-corrected chi connectivity index (χ1v) is 10.5. The summed E-state index contributed by atoms with van der Waals surface area (Å²) in [6.45, 7) is 5.91. The van der Waals surface area contributed by atoms with Crippen LogP contribution in [0.1, 0.15) is 50.0 Å². The highest BCUT2D eigenvalue weighted by Gasteiger charge is 2.34. The Labute approximate surface area is 149 Å². The molecule has 0 aliphatic carbocycles. The van der Waals surface area contributed by atoms with Gasteiger partial charge in [-0.15, -0.1) is 0 Å². The molecule has 1 aromatic heterocycles. The Morgan fingerprint density at radius 1 is 1.12 bits per heavy atom. The van der Waals surface area contributed by atoms with E-state index in [1.807, 2.05) is 4.90 Å². The van der Waals surface area contributed by atoms with Crippen molar-refractivity contribution in [3.8, 4) is 0 Å². The van der Waals surface area contributed by atoms with Gasteiger partial charge in [0.25, 0.3) is 0 Å². The number of rotatable bonds is 4. The molecule has 2 aliphatic rings. The average molecular weight is 369 g/mol. The maximum absolute atomic E-state index is 12.8. The summed E-state index contributed by atoms with van der Waals surface area (Å²) in [5.74, 6) is 0.831. The molecule has 0 atom stereocenters. The van der Waals surface area contributed by atoms with Crippen molar-refractivity contribution in [3.63, 3.8) is 0 Å². The summed E-state index contributed by atoms with van der Waals surface area (Å²) in [5.41, 5.74) is 0.403. The molecule has 8 heteroatoms. The van der Waals surface area contributed by atoms with E-state index in [1.54, 1.807) is 13.8 Å². The fourth-order valence-corrected chi connectivity index (χ4v) is 5.61. The summed E-state index contributed by atoms with van der Waals surface area (Å²) in [6.07, 6.45) is 5.39. The number of carbonyl (C=O) groups excluding carboxylic acids is 1. The highest BCUT2D eigenvalue weighted by molar-refractivity contribution is 7.89. The zero-order chi connectivity index (χ0) is 18.0. The molecular weight excluding hydrogens is 342 g/mol. The van der Waals surface area contributed by atoms with E-state index in [9.17, 15) is 13.2 Å². The first kappa shape index (κ1) is 18.4. The zero-order valence-corrected chi connectivity index (χ0v) is 15.8. The zero-order valence-electron chi connectivity index (χ0n) is 15.0. The molecule has 2 aliphatic heterocycles. The van der Waals surface area contributed by atoms with Crippen LogP contribution in [-0.4, -0.2) is 54.9 Å². The van der Waals surface area contributed by atoms with Crippen LogP contribution in [-0.2, 0) is 14.8 Å². The van der Waals surface area contributed by atoms with E-state index in [2.05, 4.69) is 5.16 Å². The molecule has 0 aromatic carbocycles. The van der Waals surface area contributed by atoms with Crippen molar-refractivity contribution in [1.29, 1.82) is 0 Å². The molecule has 0 radical (unpaired) electrons. The number of hydrogen-bond donors (Lipinski definition) is 0. The summed E-state index contributed by atoms with van der Waals surface area (Å²) in [5, 5.41) is 3.75. The molecule has 140 valence electrons. The Kier molecular flexibility index (Phi) is 5.48. The van der Waals surface area contributed by atoms with Gasteiger partial charge in [-0.2, -0.15) is 4.31 Å². The summed E-state index contributed by atoms with van der Waals surface area (Å²) in [6, 6.07) is 0. The van der Waals surface area contributed by atoms with Gasteiger partial charge in [0.2, 0.25) is 15.9 Å². The first-order chi connectivity index (χ1) is 11.9. The van der Waals surface area contributed by atoms with Crippen molar-refractivity contribution in [1.82, 2.24) is 14.4 Å². The number of aromatic nitrogens is 1. The Hall–Kier alpha value is -1.41. The van der Waals surface area contributed by atoms with E-state index < -0.39 is 10.0 Å². The Morgan fingerprint density at radius 2 is 1.76 bits per heavy atom. The van der Waals surface area contributed by atoms with Gasteiger partial charge in [0.05, 0.1) is 0 Å². The van der Waals surface area contributed by atoms with Gasteiger partial charge in [0.15, 0.2) is 5.76 Å². The lowest BCUT2D eigenvalue weighted by Crippen LogP contribution is -2.41. The van der Waals surface area contributed by atoms with Crippen LogP contribution in [0.2, 0.25) is 0 Å². The lowest BCUT2D eigenvalue weighted by atomic mass is 9.93. The fraction of sp³-hybridized carbons (Fsp3) is 0.765. The predicted octanol–water partition coefficient (Wildman–Crippen LogP) is 2.09. The van der Waals surface area contributed by atoms with Gasteiger partial charge < -0.3 is 9.42 Å². The topological polar surface area (TPSA) is 83.7 Å². The highest BCUT2D eigenvalue weighted by atomic mass is 32.2. The molecule has 7 nitrogen and oxygen atoms in total. The van der Waals surface area contributed by atoms with Crippen molar-refractivity contribution in [2.45, 2.75) is 57.3 Å². The average Bonchev–Trinajstić information content (AvgIpc) is 2.95. The van der Waals surface area contributed by atoms with Crippen LogP contribution in [0.5, 0.6) is 0 Å². The molecule has 0 unspecified atom stereocenters. The minimum atomic E-state index is -3.57. The molecule has 0 N–H and O–H groups in total. The molecule has 2 fully saturated rings. The van der Waals surface area contributed by atoms with Gasteiger partial charge in [-0.25, -0.2) is 8.42 Å². The van der Waals surface area contributed by atoms with Crippen LogP contribution in [0.25, 0.3) is 0 Å². The summed E-state index contributed by atoms with van der Waals surface area (Å²) < 4.78 is 32.1. The van der Waals surface area contributed by atoms with Crippen molar-refractivity contribution >= 4 is 15.9 Å². The van der Waals surface area contributed by atoms with Gasteiger partial charge in [-0.05, 0) is 51.9 Å². The number of sulfonamides is 1. The van der Waals surface area contributed by atoms with E-state index >= 15 is 0 Å². The number of aryl methyl sites for hydroxylation is 2. The Morgan fingerprint density at radius 3 is 2.32 bits per heavy atom. The van der Waals surface area contributed by atoms with Crippen LogP contribution in [0.4, 0.5) is 0 Å². The monoisotopic (exact) mass is 369 g/mol. The number of amides is 1. The fourth-order valence-electron chi connectivity index (χ4n) is 3.85. The largest absolute Gasteiger partial charge is 0.360 e. The maximum atomic E-state index is 12.8. The smallest absolute Gasteiger partial charge is 0.248 e. The number of carbonyl (C=O) groups is 1. The second-order valence-corrected chi connectivity index (χ2v) is 9.02. The van der Waals surface area contributed by atoms with Crippen LogP contribution >= 0.6 is 0 Å². The minimum absolute atomic E-state index is 0.190. The number of piperidine rings is 2. The molecule has 0 bridgehead atoms. The van der Waals surface area contributed by atoms with Crippen LogP contribution in [0.3, 0.4) is 0 Å². The number of likely N-dealkylation sites (tertiary alicyclic amines) is 1. The molecule has 3 heterocycles. The van der Waals surface area contributed by atoms with Gasteiger partial charge >= 0.3 is 0 Å². The van der Waals surface area contributed by atoms with E-state index in [0.717, 1.165) is 38.8 Å². The summed E-state index contributed by atoms with van der Waals surface area (Å²) in [4.78, 5) is 14.6. The minimum Gasteiger partial charge on any atom is -0.360 e. The van der Waals surface area contributed by atoms with Gasteiger partial charge in [-0.1, -0.05) is 5.16 Å². The summed E-state index contributed by atoms with van der Waals surface area (Å²) in [7, 11) is -3.57. The molecule has 25 heavy (non-hydrogen) atoms. The van der Waals surface area contributed by atoms with Crippen LogP contribution in [0.15, 0.2) is 9.42 Å². The van der Waals surface area contributed by atoms with E-state index in [4.69, 9.17) is 4.52 Å². The summed E-state index contributed by atoms with van der Waals surface area (Å²) >= 11 is 0. The van der Waals surface area contributed by atoms with Crippen molar-refractivity contribution in [3.05, 3.63) is 11.5 Å². The third-order valence-corrected chi connectivity index (χ3v) is 7.46. The van der Waals surface area contributed by atoms with Crippen LogP contribution in [0, 0.1) is 19.8 Å². The number of nitrogens with zero attached hydrogens (tertiary/aromatic N) is 3. The van der Waals surface area contributed by atoms with Crippen LogP contribution < -0.4 is 0 Å². The Bertz CT molecular complexity index is 695. The molecule has 1 aromatic rings. The van der Waals surface area contributed by atoms with Gasteiger partial charge in [-0.3, -0.25) is 4.79 Å². The maximum Gasteiger partial charge on any atom is 0.248 e. The molecule has 2 saturated heterocycles. The van der Waals surface area contributed by atoms with E-state index in [0.29, 0.717) is 31.0 Å². The highest BCUT2D eigenvalue weighted by Crippen LogP contribution is 2.29. The lowest BCUT2D eigenvalue weighted by Gasteiger charge is -2.33. The van der Waals surface area contributed by atoms with E-state index in [1.165, 1.54) is 10.7 Å². The normalized spacial score (nSPS) is 20.8. The molecule has 0 saturated carbocycles. The molecule has 0 spiro atoms. The van der Waals surface area contributed by atoms with Gasteiger partial charge in [0.1, 0.15) is 10.6 Å². The number of hydrogen-bond acceptors (Lipinski definition) is 5. The third kappa shape index (κ3) is 3.89. The second-order valence-electron chi connectivity index (χ2n) is 7.15. The molecule has 3 rings (SSSR count). The van der Waals surface area contributed by atoms with Gasteiger partial charge in [0, 0.05) is 32.6 Å². The van der Waals surface area contributed by atoms with Crippen molar-refractivity contribution < 1.29 is 17.7 Å². The second kappa shape index (κ2) is 7.45. The third-order valence-electron chi connectivity index (χ3n) is 5.31. The molecule has 1 amide bonds. The lowest BCUT2D eigenvalue weighted by molar-refractivity contribution is -0.133. The standard InChI is InChI=1S/C17H27N3O4S/c1-13-17(14(2)24-18-13)25(22,23)20-10-6-15(7-11-20)12-16(21)19-8-4-3-5-9-19/h15H,3-12H2,1-2H3. The predicted molar refractivity (Wildman–Crippen MR) is 92.5 cm³/mol. The van der Waals surface area contributed by atoms with Crippen molar-refractivity contribution in [2.24, 2.45) is 5.92 Å². The quantitative estimate of drug-likeness (QED) is 0.811. The van der Waals surface area contributed by atoms with E-state index in [-0.39, 0.29) is 16.7 Å². The Balaban J connectivity index is 1.57. The molecular formula is C17H27N3O4S. The van der Waals surface area contributed by atoms with Crippen molar-refractivity contribution in [2.75, 3.05) is 26.2 Å². The SMILES string of the molecule is Cc1noc(C)c1S(=O)(=O)N1CCC(CC(=O)N2CCCCC2)CC1.